The van der Waals surface area contributed by atoms with Crippen molar-refractivity contribution in [2.45, 2.75) is 51.0 Å². The van der Waals surface area contributed by atoms with Gasteiger partial charge in [0.25, 0.3) is 0 Å². The van der Waals surface area contributed by atoms with Crippen LogP contribution in [0.1, 0.15) is 44.9 Å². The van der Waals surface area contributed by atoms with Crippen LogP contribution >= 0.6 is 0 Å². The third-order valence-corrected chi connectivity index (χ3v) is 3.92. The third-order valence-electron chi connectivity index (χ3n) is 3.92. The quantitative estimate of drug-likeness (QED) is 0.692. The molecule has 3 nitrogen and oxygen atoms in total. The number of aliphatic hydroxyl groups excluding tert-OH is 1. The SMILES string of the molecule is O=C1N[C@H]2CCCC[C@@H]2C1CCCCO. The molecular weight excluding hydrogens is 190 g/mol. The van der Waals surface area contributed by atoms with Gasteiger partial charge in [0.15, 0.2) is 0 Å². The maximum Gasteiger partial charge on any atom is 0.223 e. The number of carbonyl (C=O) groups excluding carboxylic acids is 1. The summed E-state index contributed by atoms with van der Waals surface area (Å²) in [6.07, 6.45) is 7.73. The highest BCUT2D eigenvalue weighted by molar-refractivity contribution is 5.81. The minimum atomic E-state index is 0.238. The van der Waals surface area contributed by atoms with Crippen LogP contribution in [0.2, 0.25) is 0 Å². The Kier molecular flexibility index (Phi) is 3.62. The van der Waals surface area contributed by atoms with Gasteiger partial charge in [-0.05, 0) is 31.6 Å². The Morgan fingerprint density at radius 3 is 2.87 bits per heavy atom. The monoisotopic (exact) mass is 211 g/mol. The fourth-order valence-corrected chi connectivity index (χ4v) is 3.13. The molecule has 0 radical (unpaired) electrons. The summed E-state index contributed by atoms with van der Waals surface area (Å²) in [6.45, 7) is 0.252. The van der Waals surface area contributed by atoms with Gasteiger partial charge in [-0.2, -0.15) is 0 Å². The van der Waals surface area contributed by atoms with Gasteiger partial charge in [-0.25, -0.2) is 0 Å². The summed E-state index contributed by atoms with van der Waals surface area (Å²) < 4.78 is 0. The largest absolute Gasteiger partial charge is 0.396 e. The minimum Gasteiger partial charge on any atom is -0.396 e. The average Bonchev–Trinajstić information content (AvgIpc) is 2.56. The lowest BCUT2D eigenvalue weighted by molar-refractivity contribution is -0.123. The molecule has 1 saturated carbocycles. The second kappa shape index (κ2) is 4.97. The molecule has 0 bridgehead atoms. The zero-order chi connectivity index (χ0) is 10.7. The predicted molar refractivity (Wildman–Crippen MR) is 58.3 cm³/mol. The topological polar surface area (TPSA) is 49.3 Å². The number of unbranched alkanes of at least 4 members (excludes halogenated alkanes) is 1. The van der Waals surface area contributed by atoms with E-state index < -0.39 is 0 Å². The predicted octanol–water partition coefficient (Wildman–Crippen LogP) is 1.45. The van der Waals surface area contributed by atoms with E-state index in [1.807, 2.05) is 0 Å². The van der Waals surface area contributed by atoms with Gasteiger partial charge < -0.3 is 10.4 Å². The van der Waals surface area contributed by atoms with Gasteiger partial charge in [-0.1, -0.05) is 19.3 Å². The van der Waals surface area contributed by atoms with E-state index in [-0.39, 0.29) is 18.4 Å². The van der Waals surface area contributed by atoms with Crippen molar-refractivity contribution < 1.29 is 9.90 Å². The van der Waals surface area contributed by atoms with E-state index in [4.69, 9.17) is 5.11 Å². The molecule has 3 atom stereocenters. The van der Waals surface area contributed by atoms with Gasteiger partial charge in [0.2, 0.25) is 5.91 Å². The molecular formula is C12H21NO2. The lowest BCUT2D eigenvalue weighted by Crippen LogP contribution is -2.31. The molecule has 2 fully saturated rings. The molecule has 1 amide bonds. The summed E-state index contributed by atoms with van der Waals surface area (Å²) in [7, 11) is 0. The Labute approximate surface area is 91.2 Å². The Morgan fingerprint density at radius 2 is 2.07 bits per heavy atom. The van der Waals surface area contributed by atoms with Crippen molar-refractivity contribution in [1.29, 1.82) is 0 Å². The molecule has 2 aliphatic rings. The maximum absolute atomic E-state index is 11.8. The molecule has 2 N–H and O–H groups in total. The molecule has 0 aromatic rings. The van der Waals surface area contributed by atoms with Crippen LogP contribution in [-0.2, 0) is 4.79 Å². The molecule has 0 spiro atoms. The van der Waals surface area contributed by atoms with Crippen LogP contribution in [0, 0.1) is 11.8 Å². The van der Waals surface area contributed by atoms with Crippen molar-refractivity contribution in [1.82, 2.24) is 5.32 Å². The minimum absolute atomic E-state index is 0.238. The van der Waals surface area contributed by atoms with Crippen LogP contribution in [0.3, 0.4) is 0 Å². The first-order valence-corrected chi connectivity index (χ1v) is 6.24. The second-order valence-corrected chi connectivity index (χ2v) is 4.89. The molecule has 1 unspecified atom stereocenters. The molecule has 3 heteroatoms. The van der Waals surface area contributed by atoms with Crippen LogP contribution in [0.25, 0.3) is 0 Å². The number of amides is 1. The summed E-state index contributed by atoms with van der Waals surface area (Å²) in [5.41, 5.74) is 0. The highest BCUT2D eigenvalue weighted by Crippen LogP contribution is 2.37. The van der Waals surface area contributed by atoms with Crippen molar-refractivity contribution >= 4 is 5.91 Å². The molecule has 0 aromatic heterocycles. The van der Waals surface area contributed by atoms with Crippen molar-refractivity contribution in [2.75, 3.05) is 6.61 Å². The smallest absolute Gasteiger partial charge is 0.223 e. The average molecular weight is 211 g/mol. The van der Waals surface area contributed by atoms with E-state index in [9.17, 15) is 4.79 Å². The maximum atomic E-state index is 11.8. The number of carbonyl (C=O) groups is 1. The summed E-state index contributed by atoms with van der Waals surface area (Å²) in [5, 5.41) is 11.9. The van der Waals surface area contributed by atoms with Gasteiger partial charge in [-0.3, -0.25) is 4.79 Å². The van der Waals surface area contributed by atoms with E-state index in [2.05, 4.69) is 5.32 Å². The normalized spacial score (nSPS) is 35.0. The first-order chi connectivity index (χ1) is 7.33. The van der Waals surface area contributed by atoms with Crippen molar-refractivity contribution in [3.05, 3.63) is 0 Å². The van der Waals surface area contributed by atoms with Crippen LogP contribution in [0.4, 0.5) is 0 Å². The van der Waals surface area contributed by atoms with Gasteiger partial charge in [-0.15, -0.1) is 0 Å². The first kappa shape index (κ1) is 10.9. The first-order valence-electron chi connectivity index (χ1n) is 6.24. The molecule has 1 aliphatic carbocycles. The van der Waals surface area contributed by atoms with E-state index in [0.29, 0.717) is 12.0 Å². The fraction of sp³-hybridized carbons (Fsp3) is 0.917. The van der Waals surface area contributed by atoms with Crippen LogP contribution in [0.5, 0.6) is 0 Å². The van der Waals surface area contributed by atoms with E-state index in [0.717, 1.165) is 19.3 Å². The standard InChI is InChI=1S/C12H21NO2/c14-8-4-3-6-10-9-5-1-2-7-11(9)13-12(10)15/h9-11,14H,1-8H2,(H,13,15)/t9-,10?,11+/m1/s1. The Hall–Kier alpha value is -0.570. The van der Waals surface area contributed by atoms with E-state index in [1.165, 1.54) is 25.7 Å². The molecule has 0 aromatic carbocycles. The number of hydrogen-bond donors (Lipinski definition) is 2. The van der Waals surface area contributed by atoms with Crippen LogP contribution in [0.15, 0.2) is 0 Å². The van der Waals surface area contributed by atoms with Gasteiger partial charge >= 0.3 is 0 Å². The van der Waals surface area contributed by atoms with Crippen molar-refractivity contribution in [3.63, 3.8) is 0 Å². The molecule has 86 valence electrons. The number of fused-ring (bicyclic) bond motifs is 1. The molecule has 1 heterocycles. The lowest BCUT2D eigenvalue weighted by atomic mass is 9.78. The molecule has 1 aliphatic heterocycles. The number of nitrogens with one attached hydrogen (secondary N) is 1. The molecule has 15 heavy (non-hydrogen) atoms. The van der Waals surface area contributed by atoms with Crippen molar-refractivity contribution in [2.24, 2.45) is 11.8 Å². The summed E-state index contributed by atoms with van der Waals surface area (Å²) >= 11 is 0. The van der Waals surface area contributed by atoms with Gasteiger partial charge in [0, 0.05) is 18.6 Å². The molecule has 1 saturated heterocycles. The van der Waals surface area contributed by atoms with Crippen LogP contribution < -0.4 is 5.32 Å². The highest BCUT2D eigenvalue weighted by Gasteiger charge is 2.42. The van der Waals surface area contributed by atoms with E-state index in [1.54, 1.807) is 0 Å². The zero-order valence-electron chi connectivity index (χ0n) is 9.24. The van der Waals surface area contributed by atoms with Gasteiger partial charge in [0.05, 0.1) is 0 Å². The van der Waals surface area contributed by atoms with E-state index >= 15 is 0 Å². The number of hydrogen-bond acceptors (Lipinski definition) is 2. The summed E-state index contributed by atoms with van der Waals surface area (Å²) in [4.78, 5) is 11.8. The van der Waals surface area contributed by atoms with Crippen LogP contribution in [-0.4, -0.2) is 23.7 Å². The van der Waals surface area contributed by atoms with Crippen molar-refractivity contribution in [3.8, 4) is 0 Å². The Morgan fingerprint density at radius 1 is 1.27 bits per heavy atom. The number of aliphatic hydroxyl groups is 1. The molecule has 2 rings (SSSR count). The lowest BCUT2D eigenvalue weighted by Gasteiger charge is -2.27. The van der Waals surface area contributed by atoms with Gasteiger partial charge in [0.1, 0.15) is 0 Å². The third kappa shape index (κ3) is 2.33. The zero-order valence-corrected chi connectivity index (χ0v) is 9.24. The summed E-state index contributed by atoms with van der Waals surface area (Å²) in [6, 6.07) is 0.463. The Balaban J connectivity index is 1.88. The number of rotatable bonds is 4. The Bertz CT molecular complexity index is 230. The fourth-order valence-electron chi connectivity index (χ4n) is 3.13. The summed E-state index contributed by atoms with van der Waals surface area (Å²) in [5.74, 6) is 1.09. The second-order valence-electron chi connectivity index (χ2n) is 4.89. The highest BCUT2D eigenvalue weighted by atomic mass is 16.2.